The summed E-state index contributed by atoms with van der Waals surface area (Å²) < 4.78 is 29.6. The van der Waals surface area contributed by atoms with Gasteiger partial charge in [0, 0.05) is 18.5 Å². The van der Waals surface area contributed by atoms with Crippen molar-refractivity contribution in [2.75, 3.05) is 5.32 Å². The SMILES string of the molecule is CC.Fc1ccc(-c2nccc(NC3=CC=NC=I3)n2)c(F)c1. The number of anilines is 1. The fourth-order valence-corrected chi connectivity index (χ4v) is 3.13. The molecule has 1 aromatic carbocycles. The van der Waals surface area contributed by atoms with Crippen LogP contribution in [-0.2, 0) is 0 Å². The quantitative estimate of drug-likeness (QED) is 0.578. The van der Waals surface area contributed by atoms with Gasteiger partial charge in [-0.25, -0.2) is 18.7 Å². The maximum Gasteiger partial charge on any atom is 0.164 e. The summed E-state index contributed by atoms with van der Waals surface area (Å²) in [5.41, 5.74) is 0.167. The van der Waals surface area contributed by atoms with Gasteiger partial charge in [0.05, 0.1) is 13.4 Å². The Balaban J connectivity index is 0.000000924. The van der Waals surface area contributed by atoms with Crippen molar-refractivity contribution < 1.29 is 8.78 Å². The molecule has 0 bridgehead atoms. The fraction of sp³-hybridized carbons (Fsp3) is 0.125. The number of aliphatic imine (C=N–C) groups is 1. The van der Waals surface area contributed by atoms with Gasteiger partial charge < -0.3 is 5.32 Å². The number of aromatic nitrogens is 2. The molecule has 0 unspecified atom stereocenters. The third-order valence-corrected chi connectivity index (χ3v) is 4.51. The van der Waals surface area contributed by atoms with Crippen LogP contribution in [0.25, 0.3) is 11.4 Å². The normalized spacial score (nSPS) is 12.6. The number of benzene rings is 1. The highest BCUT2D eigenvalue weighted by Crippen LogP contribution is 2.23. The smallest absolute Gasteiger partial charge is 0.164 e. The number of nitrogens with one attached hydrogen (secondary N) is 1. The van der Waals surface area contributed by atoms with Gasteiger partial charge in [0.2, 0.25) is 0 Å². The van der Waals surface area contributed by atoms with Crippen molar-refractivity contribution in [2.24, 2.45) is 4.99 Å². The molecular formula is C16H15F2IN4. The lowest BCUT2D eigenvalue weighted by Gasteiger charge is -2.08. The topological polar surface area (TPSA) is 50.2 Å². The van der Waals surface area contributed by atoms with Crippen LogP contribution in [0, 0.1) is 11.6 Å². The predicted molar refractivity (Wildman–Crippen MR) is 99.0 cm³/mol. The molecule has 3 rings (SSSR count). The molecule has 1 aromatic heterocycles. The lowest BCUT2D eigenvalue weighted by atomic mass is 10.2. The maximum atomic E-state index is 13.8. The highest BCUT2D eigenvalue weighted by molar-refractivity contribution is 14.2. The third-order valence-electron chi connectivity index (χ3n) is 2.60. The van der Waals surface area contributed by atoms with Gasteiger partial charge in [-0.05, 0) is 45.0 Å². The van der Waals surface area contributed by atoms with E-state index in [1.165, 1.54) is 18.3 Å². The highest BCUT2D eigenvalue weighted by Gasteiger charge is 2.10. The molecule has 0 saturated carbocycles. The number of allylic oxidation sites excluding steroid dienone is 1. The van der Waals surface area contributed by atoms with Gasteiger partial charge >= 0.3 is 0 Å². The molecule has 1 N–H and O–H groups in total. The lowest BCUT2D eigenvalue weighted by Crippen LogP contribution is -2.01. The molecule has 0 radical (unpaired) electrons. The van der Waals surface area contributed by atoms with Gasteiger partial charge in [0.25, 0.3) is 0 Å². The molecule has 2 aromatic rings. The van der Waals surface area contributed by atoms with E-state index in [0.717, 1.165) is 9.77 Å². The third kappa shape index (κ3) is 4.72. The fourth-order valence-electron chi connectivity index (χ4n) is 1.68. The van der Waals surface area contributed by atoms with Crippen LogP contribution in [-0.4, -0.2) is 20.3 Å². The van der Waals surface area contributed by atoms with Crippen LogP contribution in [0.5, 0.6) is 0 Å². The molecule has 2 heterocycles. The van der Waals surface area contributed by atoms with E-state index in [1.807, 2.05) is 24.1 Å². The van der Waals surface area contributed by atoms with Gasteiger partial charge in [-0.3, -0.25) is 4.99 Å². The van der Waals surface area contributed by atoms with Gasteiger partial charge in [-0.2, -0.15) is 0 Å². The van der Waals surface area contributed by atoms with E-state index in [2.05, 4.69) is 20.3 Å². The molecule has 7 heteroatoms. The first-order chi connectivity index (χ1) is 11.2. The van der Waals surface area contributed by atoms with Crippen LogP contribution in [0.3, 0.4) is 0 Å². The monoisotopic (exact) mass is 428 g/mol. The molecule has 23 heavy (non-hydrogen) atoms. The highest BCUT2D eigenvalue weighted by atomic mass is 127. The van der Waals surface area contributed by atoms with Crippen LogP contribution in [0.1, 0.15) is 13.8 Å². The molecule has 120 valence electrons. The Morgan fingerprint density at radius 2 is 1.96 bits per heavy atom. The molecule has 0 saturated heterocycles. The number of hydrogen-bond acceptors (Lipinski definition) is 4. The first kappa shape index (κ1) is 17.3. The number of rotatable bonds is 3. The second-order valence-electron chi connectivity index (χ2n) is 4.03. The summed E-state index contributed by atoms with van der Waals surface area (Å²) in [7, 11) is 0. The van der Waals surface area contributed by atoms with Crippen molar-refractivity contribution in [3.63, 3.8) is 0 Å². The van der Waals surface area contributed by atoms with Crippen molar-refractivity contribution in [1.82, 2.24) is 9.97 Å². The lowest BCUT2D eigenvalue weighted by molar-refractivity contribution is 0.585. The van der Waals surface area contributed by atoms with E-state index in [-0.39, 0.29) is 32.1 Å². The zero-order valence-corrected chi connectivity index (χ0v) is 14.8. The first-order valence-corrected chi connectivity index (χ1v) is 9.29. The Hall–Kier alpha value is -2.03. The average molecular weight is 428 g/mol. The van der Waals surface area contributed by atoms with Crippen molar-refractivity contribution in [3.05, 3.63) is 51.9 Å². The zero-order valence-electron chi connectivity index (χ0n) is 12.6. The van der Waals surface area contributed by atoms with Crippen LogP contribution in [0.2, 0.25) is 0 Å². The molecule has 0 amide bonds. The van der Waals surface area contributed by atoms with Gasteiger partial charge in [0.15, 0.2) is 5.82 Å². The standard InChI is InChI=1S/C14H9F2IN4.C2H6/c15-9-1-2-10(11(16)7-9)14-19-6-4-13(21-14)20-12-3-5-18-8-17-12;1-2/h1-8H,(H,19,20,21);1-2H3. The average Bonchev–Trinajstić information content (AvgIpc) is 2.58. The Labute approximate surface area is 143 Å². The zero-order chi connectivity index (χ0) is 16.7. The molecule has 0 atom stereocenters. The van der Waals surface area contributed by atoms with Crippen molar-refractivity contribution in [2.45, 2.75) is 13.8 Å². The van der Waals surface area contributed by atoms with Crippen LogP contribution in [0.4, 0.5) is 14.6 Å². The molecule has 1 aliphatic rings. The predicted octanol–water partition coefficient (Wildman–Crippen LogP) is 4.52. The Morgan fingerprint density at radius 1 is 1.13 bits per heavy atom. The molecular weight excluding hydrogens is 413 g/mol. The molecule has 0 aliphatic carbocycles. The minimum atomic E-state index is -0.683. The summed E-state index contributed by atoms with van der Waals surface area (Å²) in [4.78, 5) is 12.3. The molecule has 1 aliphatic heterocycles. The van der Waals surface area contributed by atoms with E-state index < -0.39 is 11.6 Å². The van der Waals surface area contributed by atoms with Crippen molar-refractivity contribution in [1.29, 1.82) is 0 Å². The Morgan fingerprint density at radius 3 is 2.65 bits per heavy atom. The summed E-state index contributed by atoms with van der Waals surface area (Å²) in [6.07, 6.45) is 5.12. The minimum absolute atomic E-state index is 0.167. The van der Waals surface area contributed by atoms with Crippen molar-refractivity contribution in [3.8, 4) is 11.4 Å². The summed E-state index contributed by atoms with van der Waals surface area (Å²) in [6, 6.07) is 5.03. The molecule has 0 spiro atoms. The van der Waals surface area contributed by atoms with E-state index in [1.54, 1.807) is 12.3 Å². The minimum Gasteiger partial charge on any atom is -0.335 e. The first-order valence-electron chi connectivity index (χ1n) is 6.96. The van der Waals surface area contributed by atoms with Gasteiger partial charge in [-0.1, -0.05) is 13.8 Å². The largest absolute Gasteiger partial charge is 0.335 e. The number of nitrogens with zero attached hydrogens (tertiary/aromatic N) is 3. The summed E-state index contributed by atoms with van der Waals surface area (Å²) >= 11 is -0.310. The van der Waals surface area contributed by atoms with Crippen LogP contribution >= 0.6 is 20.7 Å². The summed E-state index contributed by atoms with van der Waals surface area (Å²) in [5.74, 6) is -0.530. The second-order valence-corrected chi connectivity index (χ2v) is 6.38. The van der Waals surface area contributed by atoms with Crippen molar-refractivity contribution >= 4 is 36.9 Å². The maximum absolute atomic E-state index is 13.8. The summed E-state index contributed by atoms with van der Waals surface area (Å²) in [6.45, 7) is 4.00. The Bertz CT molecular complexity index is 772. The second kappa shape index (κ2) is 8.56. The van der Waals surface area contributed by atoms with E-state index in [4.69, 9.17) is 0 Å². The van der Waals surface area contributed by atoms with Crippen LogP contribution < -0.4 is 5.32 Å². The van der Waals surface area contributed by atoms with Gasteiger partial charge in [0.1, 0.15) is 17.5 Å². The van der Waals surface area contributed by atoms with E-state index in [0.29, 0.717) is 5.82 Å². The van der Waals surface area contributed by atoms with Gasteiger partial charge in [-0.15, -0.1) is 0 Å². The Kier molecular flexibility index (Phi) is 6.45. The van der Waals surface area contributed by atoms with E-state index >= 15 is 0 Å². The number of hydrogen-bond donors (Lipinski definition) is 1. The summed E-state index contributed by atoms with van der Waals surface area (Å²) in [5, 5.41) is 3.16. The van der Waals surface area contributed by atoms with E-state index in [9.17, 15) is 8.78 Å². The molecule has 0 fully saturated rings. The molecule has 4 nitrogen and oxygen atoms in total. The number of halogens is 3. The van der Waals surface area contributed by atoms with Crippen LogP contribution in [0.15, 0.2) is 45.2 Å².